The average molecular weight is 603 g/mol. The van der Waals surface area contributed by atoms with E-state index in [0.717, 1.165) is 67.5 Å². The second-order valence-electron chi connectivity index (χ2n) is 12.4. The summed E-state index contributed by atoms with van der Waals surface area (Å²) in [5.41, 5.74) is 1.07. The number of piperidine rings is 1. The Hall–Kier alpha value is -2.38. The highest BCUT2D eigenvalue weighted by Crippen LogP contribution is 2.55. The summed E-state index contributed by atoms with van der Waals surface area (Å²) in [4.78, 5) is 25.0. The van der Waals surface area contributed by atoms with Gasteiger partial charge in [0.25, 0.3) is 0 Å². The van der Waals surface area contributed by atoms with Crippen LogP contribution in [0.2, 0.25) is 10.0 Å². The highest BCUT2D eigenvalue weighted by molar-refractivity contribution is 6.42. The number of fused-ring (bicyclic) bond motifs is 1. The summed E-state index contributed by atoms with van der Waals surface area (Å²) in [5, 5.41) is 4.23. The number of nitrogens with zero attached hydrogens (tertiary/aromatic N) is 1. The van der Waals surface area contributed by atoms with Gasteiger partial charge in [0.1, 0.15) is 17.9 Å². The molecule has 1 aliphatic carbocycles. The van der Waals surface area contributed by atoms with Gasteiger partial charge in [0.05, 0.1) is 36.1 Å². The molecule has 0 spiro atoms. The van der Waals surface area contributed by atoms with Gasteiger partial charge in [-0.15, -0.1) is 0 Å². The van der Waals surface area contributed by atoms with Crippen LogP contribution in [0, 0.1) is 5.92 Å². The quantitative estimate of drug-likeness (QED) is 0.146. The number of esters is 1. The van der Waals surface area contributed by atoms with Crippen molar-refractivity contribution in [1.82, 2.24) is 5.32 Å². The summed E-state index contributed by atoms with van der Waals surface area (Å²) < 4.78 is 13.1. The Morgan fingerprint density at radius 1 is 1.17 bits per heavy atom. The number of amides is 1. The normalized spacial score (nSPS) is 27.6. The van der Waals surface area contributed by atoms with Gasteiger partial charge in [-0.1, -0.05) is 61.8 Å². The molecule has 0 aromatic heterocycles. The molecule has 4 rings (SSSR count). The molecule has 0 bridgehead atoms. The molecule has 1 saturated heterocycles. The Bertz CT molecular complexity index is 1280. The van der Waals surface area contributed by atoms with Gasteiger partial charge >= 0.3 is 5.97 Å². The third-order valence-electron chi connectivity index (χ3n) is 8.99. The molecule has 2 aromatic rings. The van der Waals surface area contributed by atoms with E-state index < -0.39 is 5.60 Å². The van der Waals surface area contributed by atoms with Crippen molar-refractivity contribution in [2.75, 3.05) is 33.3 Å². The Morgan fingerprint density at radius 3 is 2.61 bits per heavy atom. The molecule has 2 aliphatic rings. The molecule has 1 amide bonds. The summed E-state index contributed by atoms with van der Waals surface area (Å²) >= 11 is 12.3. The van der Waals surface area contributed by atoms with Crippen LogP contribution in [-0.2, 0) is 26.2 Å². The predicted molar refractivity (Wildman–Crippen MR) is 164 cm³/mol. The Morgan fingerprint density at radius 2 is 1.95 bits per heavy atom. The number of methoxy groups -OCH3 is 1. The fourth-order valence-electron chi connectivity index (χ4n) is 7.55. The molecule has 1 saturated carbocycles. The van der Waals surface area contributed by atoms with Gasteiger partial charge in [0.15, 0.2) is 0 Å². The molecule has 2 aromatic carbocycles. The van der Waals surface area contributed by atoms with Crippen molar-refractivity contribution < 1.29 is 23.5 Å². The van der Waals surface area contributed by atoms with Crippen molar-refractivity contribution in [2.45, 2.75) is 69.9 Å². The fourth-order valence-corrected chi connectivity index (χ4v) is 7.87. The van der Waals surface area contributed by atoms with E-state index in [9.17, 15) is 9.59 Å². The molecule has 1 aliphatic heterocycles. The zero-order valence-corrected chi connectivity index (χ0v) is 26.2. The van der Waals surface area contributed by atoms with E-state index in [2.05, 4.69) is 31.8 Å². The monoisotopic (exact) mass is 601 g/mol. The van der Waals surface area contributed by atoms with Crippen LogP contribution in [0.25, 0.3) is 0 Å². The maximum absolute atomic E-state index is 13.2. The zero-order valence-electron chi connectivity index (χ0n) is 24.7. The topological polar surface area (TPSA) is 64.6 Å². The number of ether oxygens (including phenoxy) is 2. The molecule has 1 unspecified atom stereocenters. The molecule has 41 heavy (non-hydrogen) atoms. The summed E-state index contributed by atoms with van der Waals surface area (Å²) in [6, 6.07) is 13.1. The van der Waals surface area contributed by atoms with Crippen LogP contribution in [0.3, 0.4) is 0 Å². The molecule has 1 heterocycles. The van der Waals surface area contributed by atoms with Crippen molar-refractivity contribution in [3.63, 3.8) is 0 Å². The van der Waals surface area contributed by atoms with Gasteiger partial charge in [0, 0.05) is 37.8 Å². The molecule has 0 radical (unpaired) electrons. The number of rotatable bonds is 10. The van der Waals surface area contributed by atoms with Crippen molar-refractivity contribution >= 4 is 35.1 Å². The van der Waals surface area contributed by atoms with Crippen LogP contribution in [0.5, 0.6) is 5.75 Å². The van der Waals surface area contributed by atoms with Crippen LogP contribution in [0.15, 0.2) is 55.1 Å². The summed E-state index contributed by atoms with van der Waals surface area (Å²) in [5.74, 6) is 0.658. The lowest BCUT2D eigenvalue weighted by Gasteiger charge is -2.62. The number of benzene rings is 2. The first-order valence-corrected chi connectivity index (χ1v) is 15.2. The van der Waals surface area contributed by atoms with Crippen LogP contribution < -0.4 is 10.1 Å². The van der Waals surface area contributed by atoms with Crippen molar-refractivity contribution in [1.29, 1.82) is 0 Å². The SMILES string of the molecule is C=CC[N@@+]1(CC(C)C)CC[C@]2(c3cccc(OC(C)=O)c3)C[C@@H](NC(=O)Cc3ccc(Cl)c(Cl)c3)CCC2(OC)C1. The Labute approximate surface area is 254 Å². The number of nitrogens with one attached hydrogen (secondary N) is 1. The maximum Gasteiger partial charge on any atom is 0.308 e. The summed E-state index contributed by atoms with van der Waals surface area (Å²) in [6.07, 6.45) is 5.48. The third kappa shape index (κ3) is 6.83. The largest absolute Gasteiger partial charge is 0.427 e. The number of halogens is 2. The van der Waals surface area contributed by atoms with E-state index >= 15 is 0 Å². The van der Waals surface area contributed by atoms with Gasteiger partial charge in [0.2, 0.25) is 5.91 Å². The molecule has 1 N–H and O–H groups in total. The molecular weight excluding hydrogens is 559 g/mol. The number of carbonyl (C=O) groups is 2. The Balaban J connectivity index is 1.68. The number of carbonyl (C=O) groups excluding carboxylic acids is 2. The first-order chi connectivity index (χ1) is 19.4. The fraction of sp³-hybridized carbons (Fsp3) is 0.515. The van der Waals surface area contributed by atoms with E-state index in [4.69, 9.17) is 32.7 Å². The molecule has 2 fully saturated rings. The average Bonchev–Trinajstić information content (AvgIpc) is 2.90. The lowest BCUT2D eigenvalue weighted by Crippen LogP contribution is -2.73. The molecular formula is C33H43Cl2N2O4+. The van der Waals surface area contributed by atoms with Crippen LogP contribution in [0.1, 0.15) is 57.6 Å². The van der Waals surface area contributed by atoms with E-state index in [-0.39, 0.29) is 29.8 Å². The zero-order chi connectivity index (χ0) is 29.8. The molecule has 4 atom stereocenters. The minimum Gasteiger partial charge on any atom is -0.427 e. The highest BCUT2D eigenvalue weighted by atomic mass is 35.5. The lowest BCUT2D eigenvalue weighted by atomic mass is 9.54. The lowest BCUT2D eigenvalue weighted by molar-refractivity contribution is -0.938. The van der Waals surface area contributed by atoms with Gasteiger partial charge in [-0.05, 0) is 60.7 Å². The number of likely N-dealkylation sites (tertiary alicyclic amines) is 1. The van der Waals surface area contributed by atoms with Crippen molar-refractivity contribution in [3.8, 4) is 5.75 Å². The second kappa shape index (κ2) is 12.9. The van der Waals surface area contributed by atoms with E-state index in [1.165, 1.54) is 6.92 Å². The second-order valence-corrected chi connectivity index (χ2v) is 13.2. The van der Waals surface area contributed by atoms with Crippen LogP contribution >= 0.6 is 23.2 Å². The van der Waals surface area contributed by atoms with Crippen LogP contribution in [0.4, 0.5) is 0 Å². The number of hydrogen-bond donors (Lipinski definition) is 1. The summed E-state index contributed by atoms with van der Waals surface area (Å²) in [6.45, 7) is 13.8. The number of quaternary nitrogens is 1. The van der Waals surface area contributed by atoms with E-state index in [0.29, 0.717) is 21.7 Å². The predicted octanol–water partition coefficient (Wildman–Crippen LogP) is 6.52. The highest BCUT2D eigenvalue weighted by Gasteiger charge is 2.63. The minimum absolute atomic E-state index is 0.0320. The van der Waals surface area contributed by atoms with Gasteiger partial charge in [-0.25, -0.2) is 0 Å². The van der Waals surface area contributed by atoms with Gasteiger partial charge < -0.3 is 19.3 Å². The van der Waals surface area contributed by atoms with Crippen LogP contribution in [-0.4, -0.2) is 61.3 Å². The molecule has 222 valence electrons. The number of hydrogen-bond acceptors (Lipinski definition) is 4. The first kappa shape index (κ1) is 31.6. The Kier molecular flexibility index (Phi) is 9.90. The third-order valence-corrected chi connectivity index (χ3v) is 9.73. The van der Waals surface area contributed by atoms with Gasteiger partial charge in [-0.3, -0.25) is 9.59 Å². The maximum atomic E-state index is 13.2. The summed E-state index contributed by atoms with van der Waals surface area (Å²) in [7, 11) is 1.83. The van der Waals surface area contributed by atoms with Gasteiger partial charge in [-0.2, -0.15) is 0 Å². The minimum atomic E-state index is -0.455. The molecule has 8 heteroatoms. The smallest absolute Gasteiger partial charge is 0.308 e. The standard InChI is InChI=1S/C33H42Cl2N2O4/c1-6-15-37(21-23(2)3)16-14-32(26-8-7-9-28(19-26)41-24(4)38)20-27(12-13-33(32,22-37)40-5)36-31(39)18-25-10-11-29(34)30(35)17-25/h6-11,17,19,23,27H,1,12-16,18,20-22H2,2-5H3/p+1/t27-,32+,33?,37-/m0/s1. The van der Waals surface area contributed by atoms with E-state index in [1.807, 2.05) is 37.5 Å². The van der Waals surface area contributed by atoms with Crippen molar-refractivity contribution in [2.24, 2.45) is 5.92 Å². The van der Waals surface area contributed by atoms with Crippen molar-refractivity contribution in [3.05, 3.63) is 76.3 Å². The van der Waals surface area contributed by atoms with E-state index in [1.54, 1.807) is 12.1 Å². The first-order valence-electron chi connectivity index (χ1n) is 14.5. The molecule has 6 nitrogen and oxygen atoms in total.